The molecule has 2 amide bonds. The molecule has 0 saturated carbocycles. The zero-order valence-electron chi connectivity index (χ0n) is 26.6. The Labute approximate surface area is 266 Å². The first-order valence-corrected chi connectivity index (χ1v) is 19.8. The Bertz CT molecular complexity index is 1480. The molecule has 1 fully saturated rings. The van der Waals surface area contributed by atoms with Gasteiger partial charge in [0, 0.05) is 10.8 Å². The zero-order valence-corrected chi connectivity index (χ0v) is 29.2. The Morgan fingerprint density at radius 1 is 0.932 bits per heavy atom. The summed E-state index contributed by atoms with van der Waals surface area (Å²) in [6.07, 6.45) is 2.20. The molecule has 13 heteroatoms. The number of imide groups is 1. The second-order valence-electron chi connectivity index (χ2n) is 13.6. The molecule has 2 aromatic rings. The van der Waals surface area contributed by atoms with Crippen molar-refractivity contribution in [2.24, 2.45) is 5.41 Å². The minimum atomic E-state index is -4.51. The number of carbonyl (C=O) groups is 3. The molecule has 4 rings (SSSR count). The number of amides is 2. The van der Waals surface area contributed by atoms with Gasteiger partial charge >= 0.3 is 13.9 Å². The van der Waals surface area contributed by atoms with E-state index in [0.29, 0.717) is 15.2 Å². The maximum Gasteiger partial charge on any atom is 0.342 e. The summed E-state index contributed by atoms with van der Waals surface area (Å²) in [6.45, 7) is 13.8. The summed E-state index contributed by atoms with van der Waals surface area (Å²) >= 11 is 1.40. The average Bonchev–Trinajstić information content (AvgIpc) is 3.53. The van der Waals surface area contributed by atoms with Crippen molar-refractivity contribution < 1.29 is 32.1 Å². The van der Waals surface area contributed by atoms with Crippen molar-refractivity contribution in [2.75, 3.05) is 25.6 Å². The number of thioether (sulfide) groups is 1. The van der Waals surface area contributed by atoms with Crippen LogP contribution >= 0.6 is 11.8 Å². The lowest BCUT2D eigenvalue weighted by Crippen LogP contribution is -2.56. The molecule has 0 N–H and O–H groups in total. The number of sulfonamides is 1. The van der Waals surface area contributed by atoms with E-state index in [1.165, 1.54) is 30.0 Å². The Balaban J connectivity index is 1.77. The van der Waals surface area contributed by atoms with Crippen LogP contribution in [-0.4, -0.2) is 79.6 Å². The second kappa shape index (κ2) is 13.0. The number of benzene rings is 2. The van der Waals surface area contributed by atoms with Crippen LogP contribution in [0.4, 0.5) is 4.79 Å². The number of hydrogen-bond acceptors (Lipinski definition) is 9. The van der Waals surface area contributed by atoms with Crippen molar-refractivity contribution in [1.82, 2.24) is 14.3 Å². The highest BCUT2D eigenvalue weighted by Gasteiger charge is 2.51. The zero-order chi connectivity index (χ0) is 32.5. The predicted molar refractivity (Wildman–Crippen MR) is 172 cm³/mol. The van der Waals surface area contributed by atoms with Gasteiger partial charge in [-0.3, -0.25) is 24.2 Å². The van der Waals surface area contributed by atoms with E-state index in [1.807, 2.05) is 20.8 Å². The van der Waals surface area contributed by atoms with Gasteiger partial charge in [-0.25, -0.2) is 8.42 Å². The Morgan fingerprint density at radius 3 is 2.02 bits per heavy atom. The van der Waals surface area contributed by atoms with Crippen LogP contribution in [0.1, 0.15) is 75.1 Å². The Morgan fingerprint density at radius 2 is 1.48 bits per heavy atom. The van der Waals surface area contributed by atoms with Crippen molar-refractivity contribution in [2.45, 2.75) is 82.4 Å². The Hall–Kier alpha value is -2.55. The number of rotatable bonds is 11. The van der Waals surface area contributed by atoms with Crippen molar-refractivity contribution in [1.29, 1.82) is 0 Å². The maximum absolute atomic E-state index is 14.6. The molecule has 240 valence electrons. The van der Waals surface area contributed by atoms with Crippen molar-refractivity contribution in [3.05, 3.63) is 59.7 Å². The fraction of sp³-hybridized carbons (Fsp3) is 0.516. The third-order valence-electron chi connectivity index (χ3n) is 7.13. The second-order valence-corrected chi connectivity index (χ2v) is 19.8. The number of likely N-dealkylation sites (tertiary alicyclic amines) is 1. The lowest BCUT2D eigenvalue weighted by molar-refractivity contribution is -0.0180. The van der Waals surface area contributed by atoms with Crippen LogP contribution in [0.5, 0.6) is 0 Å². The van der Waals surface area contributed by atoms with Crippen LogP contribution < -0.4 is 0 Å². The molecule has 2 aliphatic rings. The van der Waals surface area contributed by atoms with Gasteiger partial charge in [-0.15, -0.1) is 11.8 Å². The number of hydroxylamine groups is 1. The lowest BCUT2D eigenvalue weighted by Gasteiger charge is -2.37. The number of hydrogen-bond donors (Lipinski definition) is 0. The topological polar surface area (TPSA) is 114 Å². The van der Waals surface area contributed by atoms with Gasteiger partial charge in [-0.05, 0) is 89.0 Å². The van der Waals surface area contributed by atoms with Gasteiger partial charge in [0.05, 0.1) is 16.0 Å². The van der Waals surface area contributed by atoms with E-state index in [-0.39, 0.29) is 22.1 Å². The predicted octanol–water partition coefficient (Wildman–Crippen LogP) is 6.15. The summed E-state index contributed by atoms with van der Waals surface area (Å²) in [6, 6.07) is 13.1. The standard InChI is InChI=1S/C31H43N3O7S2Si/c1-30(2,3)20-44(7,29(37)40-31(4,5)6)41-34(21-33-27(35)23-14-8-9-15-24(23)28(33)36)43(38,39)26-17-11-10-16-25(26)42-22-32-18-12-13-19-32/h8-11,14-17H,12-13,18-22H2,1-7H3. The van der Waals surface area contributed by atoms with E-state index < -0.39 is 53.4 Å². The van der Waals surface area contributed by atoms with Gasteiger partial charge < -0.3 is 9.26 Å². The summed E-state index contributed by atoms with van der Waals surface area (Å²) in [5.74, 6) is -0.662. The average molecular weight is 662 g/mol. The first-order valence-electron chi connectivity index (χ1n) is 14.8. The summed E-state index contributed by atoms with van der Waals surface area (Å²) in [5, 5.41) is 0. The minimum Gasteiger partial charge on any atom is -0.462 e. The number of nitrogens with zero attached hydrogens (tertiary/aromatic N) is 3. The molecular weight excluding hydrogens is 619 g/mol. The van der Waals surface area contributed by atoms with Gasteiger partial charge in [-0.1, -0.05) is 49.5 Å². The molecule has 0 radical (unpaired) electrons. The number of fused-ring (bicyclic) bond motifs is 1. The highest BCUT2D eigenvalue weighted by molar-refractivity contribution is 8.00. The molecule has 0 bridgehead atoms. The monoisotopic (exact) mass is 661 g/mol. The van der Waals surface area contributed by atoms with E-state index in [1.54, 1.807) is 57.7 Å². The molecule has 44 heavy (non-hydrogen) atoms. The third-order valence-corrected chi connectivity index (χ3v) is 13.5. The maximum atomic E-state index is 14.6. The van der Waals surface area contributed by atoms with Crippen LogP contribution in [0, 0.1) is 5.41 Å². The molecule has 2 aliphatic heterocycles. The molecule has 1 unspecified atom stereocenters. The SMILES string of the molecule is CC(C)(C)C[Si](C)(ON(CN1C(=O)c2ccccc2C1=O)S(=O)(=O)c1ccccc1SCN1CCCC1)C(=O)OC(C)(C)C. The van der Waals surface area contributed by atoms with E-state index >= 15 is 0 Å². The molecule has 0 aromatic heterocycles. The fourth-order valence-corrected chi connectivity index (χ4v) is 12.1. The summed E-state index contributed by atoms with van der Waals surface area (Å²) in [7, 11) is -8.25. The number of carbonyl (C=O) groups excluding carboxylic acids is 3. The normalized spacial score (nSPS) is 17.7. The molecule has 1 atom stereocenters. The van der Waals surface area contributed by atoms with Gasteiger partial charge in [-0.2, -0.15) is 0 Å². The largest absolute Gasteiger partial charge is 0.462 e. The summed E-state index contributed by atoms with van der Waals surface area (Å²) in [5.41, 5.74) is -1.56. The van der Waals surface area contributed by atoms with E-state index in [0.717, 1.165) is 30.8 Å². The Kier molecular flexibility index (Phi) is 10.2. The molecule has 0 spiro atoms. The van der Waals surface area contributed by atoms with Gasteiger partial charge in [0.2, 0.25) is 0 Å². The molecule has 1 saturated heterocycles. The van der Waals surface area contributed by atoms with E-state index in [2.05, 4.69) is 4.90 Å². The van der Waals surface area contributed by atoms with Crippen molar-refractivity contribution >= 4 is 47.5 Å². The van der Waals surface area contributed by atoms with Crippen LogP contribution in [0.2, 0.25) is 12.6 Å². The van der Waals surface area contributed by atoms with Crippen LogP contribution in [0.15, 0.2) is 58.3 Å². The minimum absolute atomic E-state index is 0.0305. The van der Waals surface area contributed by atoms with E-state index in [9.17, 15) is 22.8 Å². The molecule has 2 aromatic carbocycles. The molecule has 2 heterocycles. The van der Waals surface area contributed by atoms with Crippen LogP contribution in [-0.2, 0) is 19.3 Å². The lowest BCUT2D eigenvalue weighted by atomic mass is 10.0. The van der Waals surface area contributed by atoms with E-state index in [4.69, 9.17) is 9.26 Å². The van der Waals surface area contributed by atoms with Crippen LogP contribution in [0.25, 0.3) is 0 Å². The molecule has 10 nitrogen and oxygen atoms in total. The van der Waals surface area contributed by atoms with Crippen LogP contribution in [0.3, 0.4) is 0 Å². The quantitative estimate of drug-likeness (QED) is 0.121. The molecule has 0 aliphatic carbocycles. The first kappa shape index (κ1) is 34.3. The molecular formula is C31H43N3O7S2Si. The van der Waals surface area contributed by atoms with Gasteiger partial charge in [0.15, 0.2) is 0 Å². The highest BCUT2D eigenvalue weighted by Crippen LogP contribution is 2.36. The third kappa shape index (κ3) is 7.99. The highest BCUT2D eigenvalue weighted by atomic mass is 32.2. The summed E-state index contributed by atoms with van der Waals surface area (Å²) < 4.78 is 42.0. The van der Waals surface area contributed by atoms with Crippen molar-refractivity contribution in [3.63, 3.8) is 0 Å². The summed E-state index contributed by atoms with van der Waals surface area (Å²) in [4.78, 5) is 44.1. The fourth-order valence-electron chi connectivity index (χ4n) is 5.37. The first-order chi connectivity index (χ1) is 20.4. The van der Waals surface area contributed by atoms with Gasteiger partial charge in [0.25, 0.3) is 21.8 Å². The smallest absolute Gasteiger partial charge is 0.342 e. The van der Waals surface area contributed by atoms with Gasteiger partial charge in [0.1, 0.15) is 12.3 Å². The van der Waals surface area contributed by atoms with Crippen molar-refractivity contribution in [3.8, 4) is 0 Å². The number of ether oxygens (including phenoxy) is 1.